The molecule has 1 aliphatic rings. The largest absolute Gasteiger partial charge is 0.374 e. The van der Waals surface area contributed by atoms with Crippen LogP contribution >= 0.6 is 15.9 Å². The summed E-state index contributed by atoms with van der Waals surface area (Å²) in [5.74, 6) is 0. The van der Waals surface area contributed by atoms with E-state index in [1.807, 2.05) is 54.6 Å². The Bertz CT molecular complexity index is 907. The van der Waals surface area contributed by atoms with Gasteiger partial charge in [-0.3, -0.25) is 0 Å². The van der Waals surface area contributed by atoms with E-state index in [-0.39, 0.29) is 23.3 Å². The van der Waals surface area contributed by atoms with Gasteiger partial charge in [-0.15, -0.1) is 0 Å². The third-order valence-corrected chi connectivity index (χ3v) is 6.19. The van der Waals surface area contributed by atoms with E-state index in [1.165, 1.54) is 0 Å². The second-order valence-electron chi connectivity index (χ2n) is 7.94. The summed E-state index contributed by atoms with van der Waals surface area (Å²) in [6.45, 7) is 2.12. The summed E-state index contributed by atoms with van der Waals surface area (Å²) < 4.78 is 24.7. The fourth-order valence-corrected chi connectivity index (χ4v) is 4.56. The predicted molar refractivity (Wildman–Crippen MR) is 128 cm³/mol. The van der Waals surface area contributed by atoms with Crippen molar-refractivity contribution in [3.8, 4) is 0 Å². The van der Waals surface area contributed by atoms with Gasteiger partial charge in [0.2, 0.25) is 0 Å². The fraction of sp³-hybridized carbons (Fsp3) is 0.333. The minimum atomic E-state index is -0.272. The summed E-state index contributed by atoms with van der Waals surface area (Å²) in [6.07, 6.45) is 0.315. The smallest absolute Gasteiger partial charge is 0.141 e. The molecule has 0 amide bonds. The number of alkyl halides is 1. The molecule has 4 nitrogen and oxygen atoms in total. The molecule has 0 radical (unpaired) electrons. The van der Waals surface area contributed by atoms with Gasteiger partial charge in [-0.1, -0.05) is 107 Å². The van der Waals surface area contributed by atoms with Crippen molar-refractivity contribution in [1.29, 1.82) is 0 Å². The van der Waals surface area contributed by atoms with Gasteiger partial charge in [-0.05, 0) is 16.7 Å². The fourth-order valence-electron chi connectivity index (χ4n) is 3.76. The second kappa shape index (κ2) is 12.3. The normalized spacial score (nSPS) is 23.2. The van der Waals surface area contributed by atoms with Gasteiger partial charge in [0.25, 0.3) is 0 Å². The number of ether oxygens (including phenoxy) is 4. The van der Waals surface area contributed by atoms with Crippen LogP contribution in [0, 0.1) is 0 Å². The lowest BCUT2D eigenvalue weighted by Gasteiger charge is -2.39. The summed E-state index contributed by atoms with van der Waals surface area (Å²) in [5, 5.41) is -0.272. The molecule has 1 aliphatic heterocycles. The SMILES string of the molecule is BrC1O[C@H](COCc2ccccc2)C[C@H](OCc2ccccc2)[C@H]1OCc1ccccc1. The molecule has 4 rings (SSSR count). The highest BCUT2D eigenvalue weighted by Crippen LogP contribution is 2.30. The molecule has 168 valence electrons. The molecule has 0 spiro atoms. The zero-order chi connectivity index (χ0) is 22.0. The Labute approximate surface area is 198 Å². The zero-order valence-electron chi connectivity index (χ0n) is 18.0. The summed E-state index contributed by atoms with van der Waals surface area (Å²) in [7, 11) is 0. The second-order valence-corrected chi connectivity index (χ2v) is 8.84. The summed E-state index contributed by atoms with van der Waals surface area (Å²) in [4.78, 5) is 0. The molecule has 1 heterocycles. The van der Waals surface area contributed by atoms with Crippen LogP contribution in [0.15, 0.2) is 91.0 Å². The van der Waals surface area contributed by atoms with Gasteiger partial charge in [0.05, 0.1) is 38.6 Å². The molecule has 0 saturated carbocycles. The molecule has 0 aliphatic carbocycles. The lowest BCUT2D eigenvalue weighted by molar-refractivity contribution is -0.190. The van der Waals surface area contributed by atoms with Crippen molar-refractivity contribution in [3.63, 3.8) is 0 Å². The molecule has 3 aromatic carbocycles. The van der Waals surface area contributed by atoms with Crippen LogP contribution in [0.3, 0.4) is 0 Å². The number of hydrogen-bond acceptors (Lipinski definition) is 4. The minimum absolute atomic E-state index is 0.0690. The van der Waals surface area contributed by atoms with Gasteiger partial charge in [-0.25, -0.2) is 0 Å². The maximum atomic E-state index is 6.34. The number of hydrogen-bond donors (Lipinski definition) is 0. The van der Waals surface area contributed by atoms with E-state index < -0.39 is 0 Å². The summed E-state index contributed by atoms with van der Waals surface area (Å²) in [5.41, 5.74) is 3.42. The molecule has 1 saturated heterocycles. The van der Waals surface area contributed by atoms with Crippen LogP contribution in [0.5, 0.6) is 0 Å². The van der Waals surface area contributed by atoms with Crippen LogP contribution in [0.1, 0.15) is 23.1 Å². The molecule has 32 heavy (non-hydrogen) atoms. The first kappa shape index (κ1) is 23.1. The van der Waals surface area contributed by atoms with Crippen LogP contribution in [-0.2, 0) is 38.8 Å². The molecule has 5 heteroatoms. The topological polar surface area (TPSA) is 36.9 Å². The van der Waals surface area contributed by atoms with Gasteiger partial charge in [0.15, 0.2) is 0 Å². The van der Waals surface area contributed by atoms with E-state index in [2.05, 4.69) is 52.3 Å². The molecule has 4 atom stereocenters. The van der Waals surface area contributed by atoms with E-state index in [0.29, 0.717) is 32.8 Å². The average molecular weight is 497 g/mol. The zero-order valence-corrected chi connectivity index (χ0v) is 19.6. The molecule has 0 bridgehead atoms. The molecule has 0 aromatic heterocycles. The van der Waals surface area contributed by atoms with E-state index in [4.69, 9.17) is 18.9 Å². The maximum absolute atomic E-state index is 6.34. The Kier molecular flexibility index (Phi) is 8.88. The first-order valence-electron chi connectivity index (χ1n) is 11.0. The van der Waals surface area contributed by atoms with Crippen molar-refractivity contribution in [2.24, 2.45) is 0 Å². The van der Waals surface area contributed by atoms with Crippen molar-refractivity contribution in [2.45, 2.75) is 49.6 Å². The van der Waals surface area contributed by atoms with Crippen LogP contribution in [0.25, 0.3) is 0 Å². The number of halogens is 1. The molecule has 1 unspecified atom stereocenters. The van der Waals surface area contributed by atoms with Crippen LogP contribution in [0.4, 0.5) is 0 Å². The molecule has 0 N–H and O–H groups in total. The van der Waals surface area contributed by atoms with E-state index in [1.54, 1.807) is 0 Å². The van der Waals surface area contributed by atoms with Crippen LogP contribution < -0.4 is 0 Å². The first-order chi connectivity index (χ1) is 15.8. The van der Waals surface area contributed by atoms with Crippen molar-refractivity contribution < 1.29 is 18.9 Å². The van der Waals surface area contributed by atoms with Crippen molar-refractivity contribution in [3.05, 3.63) is 108 Å². The highest BCUT2D eigenvalue weighted by atomic mass is 79.9. The summed E-state index contributed by atoms with van der Waals surface area (Å²) in [6, 6.07) is 30.6. The monoisotopic (exact) mass is 496 g/mol. The lowest BCUT2D eigenvalue weighted by atomic mass is 10.0. The Morgan fingerprint density at radius 1 is 0.688 bits per heavy atom. The Hall–Kier alpha value is -2.02. The van der Waals surface area contributed by atoms with Crippen molar-refractivity contribution in [1.82, 2.24) is 0 Å². The van der Waals surface area contributed by atoms with Crippen LogP contribution in [-0.4, -0.2) is 29.9 Å². The van der Waals surface area contributed by atoms with Crippen molar-refractivity contribution in [2.75, 3.05) is 6.61 Å². The van der Waals surface area contributed by atoms with Gasteiger partial charge >= 0.3 is 0 Å². The third-order valence-electron chi connectivity index (χ3n) is 5.45. The molecule has 3 aromatic rings. The predicted octanol–water partition coefficient (Wildman–Crippen LogP) is 5.88. The lowest BCUT2D eigenvalue weighted by Crippen LogP contribution is -2.49. The minimum Gasteiger partial charge on any atom is -0.374 e. The quantitative estimate of drug-likeness (QED) is 0.328. The molecular weight excluding hydrogens is 468 g/mol. The number of rotatable bonds is 10. The average Bonchev–Trinajstić information content (AvgIpc) is 2.84. The third kappa shape index (κ3) is 6.99. The molecular formula is C27H29BrO4. The standard InChI is InChI=1S/C27H29BrO4/c28-27-26(31-19-23-14-8-3-9-15-23)25(30-18-22-12-6-2-7-13-22)16-24(32-27)20-29-17-21-10-4-1-5-11-21/h1-15,24-27H,16-20H2/t24-,25-,26+,27?/m0/s1. The Morgan fingerprint density at radius 2 is 1.19 bits per heavy atom. The van der Waals surface area contributed by atoms with Crippen LogP contribution in [0.2, 0.25) is 0 Å². The van der Waals surface area contributed by atoms with Gasteiger partial charge in [-0.2, -0.15) is 0 Å². The van der Waals surface area contributed by atoms with E-state index in [9.17, 15) is 0 Å². The first-order valence-corrected chi connectivity index (χ1v) is 11.9. The van der Waals surface area contributed by atoms with Gasteiger partial charge in [0, 0.05) is 6.42 Å². The number of benzene rings is 3. The maximum Gasteiger partial charge on any atom is 0.141 e. The Balaban J connectivity index is 1.36. The highest BCUT2D eigenvalue weighted by molar-refractivity contribution is 9.09. The molecule has 1 fully saturated rings. The van der Waals surface area contributed by atoms with E-state index in [0.717, 1.165) is 16.7 Å². The van der Waals surface area contributed by atoms with E-state index >= 15 is 0 Å². The summed E-state index contributed by atoms with van der Waals surface area (Å²) >= 11 is 3.69. The van der Waals surface area contributed by atoms with Crippen molar-refractivity contribution >= 4 is 15.9 Å². The van der Waals surface area contributed by atoms with Gasteiger partial charge < -0.3 is 18.9 Å². The Morgan fingerprint density at radius 3 is 1.75 bits per heavy atom. The highest BCUT2D eigenvalue weighted by Gasteiger charge is 2.39. The van der Waals surface area contributed by atoms with Gasteiger partial charge in [0.1, 0.15) is 11.1 Å².